The van der Waals surface area contributed by atoms with Gasteiger partial charge in [0.1, 0.15) is 5.82 Å². The van der Waals surface area contributed by atoms with Crippen molar-refractivity contribution in [3.8, 4) is 0 Å². The fourth-order valence-corrected chi connectivity index (χ4v) is 1.90. The molecule has 96 valence electrons. The van der Waals surface area contributed by atoms with Gasteiger partial charge in [-0.3, -0.25) is 0 Å². The topological polar surface area (TPSA) is 42.2 Å². The molecule has 0 spiro atoms. The van der Waals surface area contributed by atoms with Gasteiger partial charge in [-0.15, -0.1) is 0 Å². The van der Waals surface area contributed by atoms with E-state index < -0.39 is 0 Å². The van der Waals surface area contributed by atoms with Crippen molar-refractivity contribution in [2.45, 2.75) is 46.1 Å². The van der Waals surface area contributed by atoms with Crippen LogP contribution < -0.4 is 10.6 Å². The molecule has 0 bridgehead atoms. The van der Waals surface area contributed by atoms with Gasteiger partial charge in [0.05, 0.1) is 0 Å². The van der Waals surface area contributed by atoms with E-state index in [1.807, 2.05) is 12.3 Å². The summed E-state index contributed by atoms with van der Waals surface area (Å²) in [5.74, 6) is 1.08. The highest BCUT2D eigenvalue weighted by atomic mass is 15.2. The highest BCUT2D eigenvalue weighted by Crippen LogP contribution is 2.17. The van der Waals surface area contributed by atoms with Crippen LogP contribution in [-0.2, 0) is 6.54 Å². The Hall–Kier alpha value is -1.09. The molecule has 0 fully saturated rings. The van der Waals surface area contributed by atoms with Gasteiger partial charge in [-0.05, 0) is 18.9 Å². The molecule has 3 nitrogen and oxygen atoms in total. The second-order valence-corrected chi connectivity index (χ2v) is 4.38. The van der Waals surface area contributed by atoms with Crippen LogP contribution in [0.25, 0.3) is 0 Å². The van der Waals surface area contributed by atoms with E-state index >= 15 is 0 Å². The maximum Gasteiger partial charge on any atom is 0.132 e. The second kappa shape index (κ2) is 8.07. The zero-order valence-electron chi connectivity index (χ0n) is 11.2. The van der Waals surface area contributed by atoms with Gasteiger partial charge in [0, 0.05) is 31.4 Å². The molecule has 0 saturated carbocycles. The van der Waals surface area contributed by atoms with E-state index in [0.29, 0.717) is 6.54 Å². The highest BCUT2D eigenvalue weighted by Gasteiger charge is 2.10. The number of hydrogen-bond donors (Lipinski definition) is 1. The molecular weight excluding hydrogens is 210 g/mol. The Bertz CT molecular complexity index is 304. The Morgan fingerprint density at radius 2 is 1.82 bits per heavy atom. The van der Waals surface area contributed by atoms with E-state index in [-0.39, 0.29) is 0 Å². The second-order valence-electron chi connectivity index (χ2n) is 4.38. The molecule has 17 heavy (non-hydrogen) atoms. The first-order valence-corrected chi connectivity index (χ1v) is 6.72. The number of rotatable bonds is 8. The largest absolute Gasteiger partial charge is 0.356 e. The third-order valence-corrected chi connectivity index (χ3v) is 2.95. The van der Waals surface area contributed by atoms with Crippen LogP contribution in [0, 0.1) is 0 Å². The first-order chi connectivity index (χ1) is 8.33. The van der Waals surface area contributed by atoms with Crippen molar-refractivity contribution in [2.75, 3.05) is 18.0 Å². The molecule has 0 aromatic carbocycles. The molecular formula is C14H25N3. The minimum Gasteiger partial charge on any atom is -0.356 e. The number of anilines is 1. The Morgan fingerprint density at radius 1 is 1.18 bits per heavy atom. The minimum absolute atomic E-state index is 0.567. The summed E-state index contributed by atoms with van der Waals surface area (Å²) < 4.78 is 0. The van der Waals surface area contributed by atoms with E-state index in [1.165, 1.54) is 25.7 Å². The highest BCUT2D eigenvalue weighted by molar-refractivity contribution is 5.46. The monoisotopic (exact) mass is 235 g/mol. The summed E-state index contributed by atoms with van der Waals surface area (Å²) in [6, 6.07) is 4.04. The Labute approximate surface area is 105 Å². The summed E-state index contributed by atoms with van der Waals surface area (Å²) in [7, 11) is 0. The van der Waals surface area contributed by atoms with Crippen molar-refractivity contribution in [3.63, 3.8) is 0 Å². The number of hydrogen-bond acceptors (Lipinski definition) is 3. The predicted molar refractivity (Wildman–Crippen MR) is 74.2 cm³/mol. The van der Waals surface area contributed by atoms with Crippen molar-refractivity contribution >= 4 is 5.82 Å². The average molecular weight is 235 g/mol. The van der Waals surface area contributed by atoms with Crippen molar-refractivity contribution in [1.82, 2.24) is 4.98 Å². The summed E-state index contributed by atoms with van der Waals surface area (Å²) >= 11 is 0. The van der Waals surface area contributed by atoms with E-state index in [4.69, 9.17) is 5.73 Å². The van der Waals surface area contributed by atoms with Gasteiger partial charge < -0.3 is 10.6 Å². The molecule has 1 heterocycles. The maximum atomic E-state index is 5.78. The van der Waals surface area contributed by atoms with Crippen LogP contribution in [0.2, 0.25) is 0 Å². The molecule has 0 amide bonds. The molecule has 0 atom stereocenters. The summed E-state index contributed by atoms with van der Waals surface area (Å²) in [5.41, 5.74) is 6.93. The summed E-state index contributed by atoms with van der Waals surface area (Å²) in [6.45, 7) is 7.18. The van der Waals surface area contributed by atoms with Crippen LogP contribution in [0.5, 0.6) is 0 Å². The fourth-order valence-electron chi connectivity index (χ4n) is 1.90. The van der Waals surface area contributed by atoms with Crippen molar-refractivity contribution in [3.05, 3.63) is 23.9 Å². The lowest BCUT2D eigenvalue weighted by atomic mass is 10.2. The third kappa shape index (κ3) is 4.35. The number of aromatic nitrogens is 1. The molecule has 0 aliphatic heterocycles. The zero-order valence-corrected chi connectivity index (χ0v) is 11.2. The average Bonchev–Trinajstić information content (AvgIpc) is 2.39. The minimum atomic E-state index is 0.567. The van der Waals surface area contributed by atoms with Crippen molar-refractivity contribution in [1.29, 1.82) is 0 Å². The zero-order chi connectivity index (χ0) is 12.5. The van der Waals surface area contributed by atoms with Crippen LogP contribution in [-0.4, -0.2) is 18.1 Å². The molecule has 0 unspecified atom stereocenters. The lowest BCUT2D eigenvalue weighted by Crippen LogP contribution is -2.28. The lowest BCUT2D eigenvalue weighted by Gasteiger charge is -2.25. The van der Waals surface area contributed by atoms with E-state index in [0.717, 1.165) is 24.5 Å². The van der Waals surface area contributed by atoms with Crippen LogP contribution >= 0.6 is 0 Å². The number of unbranched alkanes of at least 4 members (excludes halogenated alkanes) is 2. The van der Waals surface area contributed by atoms with Crippen molar-refractivity contribution in [2.24, 2.45) is 5.73 Å². The third-order valence-electron chi connectivity index (χ3n) is 2.95. The molecule has 1 aromatic heterocycles. The van der Waals surface area contributed by atoms with Gasteiger partial charge in [0.15, 0.2) is 0 Å². The van der Waals surface area contributed by atoms with Gasteiger partial charge >= 0.3 is 0 Å². The molecule has 0 aliphatic carbocycles. The van der Waals surface area contributed by atoms with Crippen LogP contribution in [0.1, 0.15) is 45.1 Å². The van der Waals surface area contributed by atoms with E-state index in [1.54, 1.807) is 0 Å². The Balaban J connectivity index is 2.78. The molecule has 0 saturated heterocycles. The molecule has 2 N–H and O–H groups in total. The van der Waals surface area contributed by atoms with Gasteiger partial charge in [0.25, 0.3) is 0 Å². The summed E-state index contributed by atoms with van der Waals surface area (Å²) in [5, 5.41) is 0. The van der Waals surface area contributed by atoms with Gasteiger partial charge in [0.2, 0.25) is 0 Å². The Kier molecular flexibility index (Phi) is 6.63. The fraction of sp³-hybridized carbons (Fsp3) is 0.643. The summed E-state index contributed by atoms with van der Waals surface area (Å²) in [4.78, 5) is 6.89. The van der Waals surface area contributed by atoms with Gasteiger partial charge in [-0.2, -0.15) is 0 Å². The van der Waals surface area contributed by atoms with Crippen LogP contribution in [0.3, 0.4) is 0 Å². The summed E-state index contributed by atoms with van der Waals surface area (Å²) in [6.07, 6.45) is 6.72. The maximum absolute atomic E-state index is 5.78. The van der Waals surface area contributed by atoms with E-state index in [9.17, 15) is 0 Å². The lowest BCUT2D eigenvalue weighted by molar-refractivity contribution is 0.668. The van der Waals surface area contributed by atoms with Crippen LogP contribution in [0.4, 0.5) is 5.82 Å². The Morgan fingerprint density at radius 3 is 2.35 bits per heavy atom. The SMILES string of the molecule is CCCCN(CCCC)c1ncccc1CN. The quantitative estimate of drug-likeness (QED) is 0.753. The molecule has 3 heteroatoms. The molecule has 1 rings (SSSR count). The number of nitrogens with zero attached hydrogens (tertiary/aromatic N) is 2. The smallest absolute Gasteiger partial charge is 0.132 e. The predicted octanol–water partition coefficient (Wildman–Crippen LogP) is 2.95. The van der Waals surface area contributed by atoms with Crippen LogP contribution in [0.15, 0.2) is 18.3 Å². The van der Waals surface area contributed by atoms with E-state index in [2.05, 4.69) is 29.8 Å². The molecule has 0 aliphatic rings. The number of nitrogens with two attached hydrogens (primary N) is 1. The molecule has 0 radical (unpaired) electrons. The van der Waals surface area contributed by atoms with Gasteiger partial charge in [-0.25, -0.2) is 4.98 Å². The molecule has 1 aromatic rings. The first-order valence-electron chi connectivity index (χ1n) is 6.72. The normalized spacial score (nSPS) is 10.5. The van der Waals surface area contributed by atoms with Crippen molar-refractivity contribution < 1.29 is 0 Å². The standard InChI is InChI=1S/C14H25N3/c1-3-5-10-17(11-6-4-2)14-13(12-15)8-7-9-16-14/h7-9H,3-6,10-12,15H2,1-2H3. The van der Waals surface area contributed by atoms with Gasteiger partial charge in [-0.1, -0.05) is 32.8 Å². The first kappa shape index (κ1) is 14.0. The number of pyridine rings is 1.